The Morgan fingerprint density at radius 2 is 1.85 bits per heavy atom. The zero-order valence-corrected chi connectivity index (χ0v) is 19.9. The van der Waals surface area contributed by atoms with Crippen LogP contribution in [0.15, 0.2) is 65.8 Å². The summed E-state index contributed by atoms with van der Waals surface area (Å²) in [7, 11) is -2.34. The SMILES string of the molecule is COc1ccc(NS(=O)(=O)c2ccc(C)c(C(=O)NC3CCCN(c4ncccn4)C3)c2)cc1. The molecule has 1 saturated heterocycles. The highest BCUT2D eigenvalue weighted by Crippen LogP contribution is 2.22. The molecule has 178 valence electrons. The van der Waals surface area contributed by atoms with E-state index in [-0.39, 0.29) is 16.8 Å². The van der Waals surface area contributed by atoms with Crippen LogP contribution >= 0.6 is 0 Å². The number of rotatable bonds is 7. The second kappa shape index (κ2) is 10.1. The number of anilines is 2. The first-order valence-electron chi connectivity index (χ1n) is 11.0. The molecule has 1 aliphatic rings. The zero-order valence-electron chi connectivity index (χ0n) is 19.1. The van der Waals surface area contributed by atoms with E-state index in [1.807, 2.05) is 4.90 Å². The van der Waals surface area contributed by atoms with Crippen LogP contribution in [-0.4, -0.2) is 50.5 Å². The van der Waals surface area contributed by atoms with Gasteiger partial charge in [-0.05, 0) is 67.8 Å². The molecule has 1 aromatic heterocycles. The number of carbonyl (C=O) groups is 1. The van der Waals surface area contributed by atoms with Crippen LogP contribution in [0.4, 0.5) is 11.6 Å². The summed E-state index contributed by atoms with van der Waals surface area (Å²) in [6, 6.07) is 12.8. The van der Waals surface area contributed by atoms with Gasteiger partial charge in [-0.25, -0.2) is 18.4 Å². The molecule has 0 saturated carbocycles. The summed E-state index contributed by atoms with van der Waals surface area (Å²) in [6.45, 7) is 3.19. The Hall–Kier alpha value is -3.66. The number of hydrogen-bond donors (Lipinski definition) is 2. The maximum absolute atomic E-state index is 13.1. The monoisotopic (exact) mass is 481 g/mol. The number of aromatic nitrogens is 2. The summed E-state index contributed by atoms with van der Waals surface area (Å²) >= 11 is 0. The van der Waals surface area contributed by atoms with Crippen molar-refractivity contribution in [3.8, 4) is 5.75 Å². The number of nitrogens with zero attached hydrogens (tertiary/aromatic N) is 3. The highest BCUT2D eigenvalue weighted by atomic mass is 32.2. The molecule has 0 aliphatic carbocycles. The van der Waals surface area contributed by atoms with Gasteiger partial charge in [0, 0.05) is 42.8 Å². The van der Waals surface area contributed by atoms with Gasteiger partial charge >= 0.3 is 0 Å². The van der Waals surface area contributed by atoms with E-state index in [1.165, 1.54) is 12.1 Å². The van der Waals surface area contributed by atoms with Crippen LogP contribution in [0.25, 0.3) is 0 Å². The topological polar surface area (TPSA) is 114 Å². The van der Waals surface area contributed by atoms with Crippen molar-refractivity contribution >= 4 is 27.6 Å². The smallest absolute Gasteiger partial charge is 0.261 e. The van der Waals surface area contributed by atoms with Crippen molar-refractivity contribution in [2.75, 3.05) is 29.8 Å². The molecule has 1 amide bonds. The Morgan fingerprint density at radius 3 is 2.56 bits per heavy atom. The predicted molar refractivity (Wildman–Crippen MR) is 130 cm³/mol. The lowest BCUT2D eigenvalue weighted by Gasteiger charge is -2.33. The van der Waals surface area contributed by atoms with Gasteiger partial charge in [-0.3, -0.25) is 9.52 Å². The molecular formula is C24H27N5O4S. The van der Waals surface area contributed by atoms with Crippen molar-refractivity contribution in [1.82, 2.24) is 15.3 Å². The van der Waals surface area contributed by atoms with E-state index in [9.17, 15) is 13.2 Å². The molecule has 2 N–H and O–H groups in total. The van der Waals surface area contributed by atoms with E-state index in [4.69, 9.17) is 4.74 Å². The van der Waals surface area contributed by atoms with Crippen molar-refractivity contribution in [3.63, 3.8) is 0 Å². The molecule has 1 unspecified atom stereocenters. The highest BCUT2D eigenvalue weighted by Gasteiger charge is 2.25. The van der Waals surface area contributed by atoms with E-state index in [0.717, 1.165) is 19.4 Å². The van der Waals surface area contributed by atoms with Crippen LogP contribution in [0, 0.1) is 6.92 Å². The lowest BCUT2D eigenvalue weighted by Crippen LogP contribution is -2.48. The minimum Gasteiger partial charge on any atom is -0.497 e. The summed E-state index contributed by atoms with van der Waals surface area (Å²) in [5.74, 6) is 0.951. The summed E-state index contributed by atoms with van der Waals surface area (Å²) in [6.07, 6.45) is 5.10. The summed E-state index contributed by atoms with van der Waals surface area (Å²) in [5.41, 5.74) is 1.42. The lowest BCUT2D eigenvalue weighted by molar-refractivity contribution is 0.0932. The van der Waals surface area contributed by atoms with Crippen molar-refractivity contribution in [2.24, 2.45) is 0 Å². The Morgan fingerprint density at radius 1 is 1.12 bits per heavy atom. The number of ether oxygens (including phenoxy) is 1. The van der Waals surface area contributed by atoms with Crippen molar-refractivity contribution in [2.45, 2.75) is 30.7 Å². The normalized spacial score (nSPS) is 16.1. The summed E-state index contributed by atoms with van der Waals surface area (Å²) < 4.78 is 33.5. The Balaban J connectivity index is 1.48. The molecule has 0 bridgehead atoms. The maximum atomic E-state index is 13.1. The molecule has 9 nitrogen and oxygen atoms in total. The van der Waals surface area contributed by atoms with Gasteiger partial charge in [0.1, 0.15) is 5.75 Å². The fourth-order valence-corrected chi connectivity index (χ4v) is 4.96. The fourth-order valence-electron chi connectivity index (χ4n) is 3.88. The third-order valence-corrected chi connectivity index (χ3v) is 7.08. The molecule has 4 rings (SSSR count). The van der Waals surface area contributed by atoms with Crippen molar-refractivity contribution in [3.05, 3.63) is 72.1 Å². The second-order valence-electron chi connectivity index (χ2n) is 8.12. The Labute approximate surface area is 199 Å². The fraction of sp³-hybridized carbons (Fsp3) is 0.292. The van der Waals surface area contributed by atoms with E-state index in [1.54, 1.807) is 62.8 Å². The molecular weight excluding hydrogens is 454 g/mol. The molecule has 1 fully saturated rings. The average molecular weight is 482 g/mol. The second-order valence-corrected chi connectivity index (χ2v) is 9.80. The number of amides is 1. The van der Waals surface area contributed by atoms with Crippen LogP contribution in [0.1, 0.15) is 28.8 Å². The number of nitrogens with one attached hydrogen (secondary N) is 2. The quantitative estimate of drug-likeness (QED) is 0.533. The number of hydrogen-bond acceptors (Lipinski definition) is 7. The minimum absolute atomic E-state index is 0.0158. The number of benzene rings is 2. The van der Waals surface area contributed by atoms with Crippen LogP contribution in [-0.2, 0) is 10.0 Å². The molecule has 2 aromatic carbocycles. The third kappa shape index (κ3) is 5.45. The van der Waals surface area contributed by atoms with Gasteiger partial charge in [0.15, 0.2) is 0 Å². The van der Waals surface area contributed by atoms with Crippen LogP contribution in [0.3, 0.4) is 0 Å². The van der Waals surface area contributed by atoms with Gasteiger partial charge in [0.05, 0.1) is 12.0 Å². The summed E-state index contributed by atoms with van der Waals surface area (Å²) in [5, 5.41) is 3.05. The molecule has 1 atom stereocenters. The Bertz CT molecular complexity index is 1250. The minimum atomic E-state index is -3.88. The third-order valence-electron chi connectivity index (χ3n) is 5.70. The van der Waals surface area contributed by atoms with Gasteiger partial charge in [0.2, 0.25) is 5.95 Å². The molecule has 34 heavy (non-hydrogen) atoms. The first-order valence-corrected chi connectivity index (χ1v) is 12.4. The number of aryl methyl sites for hydroxylation is 1. The molecule has 0 radical (unpaired) electrons. The first-order chi connectivity index (χ1) is 16.4. The van der Waals surface area contributed by atoms with Crippen LogP contribution in [0.5, 0.6) is 5.75 Å². The number of methoxy groups -OCH3 is 1. The van der Waals surface area contributed by atoms with Crippen molar-refractivity contribution < 1.29 is 17.9 Å². The summed E-state index contributed by atoms with van der Waals surface area (Å²) in [4.78, 5) is 23.7. The molecule has 1 aliphatic heterocycles. The van der Waals surface area contributed by atoms with E-state index < -0.39 is 10.0 Å². The number of carbonyl (C=O) groups excluding carboxylic acids is 1. The standard InChI is InChI=1S/C24H27N5O4S/c1-17-6-11-21(34(31,32)28-18-7-9-20(33-2)10-8-18)15-22(17)23(30)27-19-5-3-14-29(16-19)24-25-12-4-13-26-24/h4,6-13,15,19,28H,3,5,14,16H2,1-2H3,(H,27,30). The number of sulfonamides is 1. The highest BCUT2D eigenvalue weighted by molar-refractivity contribution is 7.92. The zero-order chi connectivity index (χ0) is 24.1. The molecule has 2 heterocycles. The van der Waals surface area contributed by atoms with Gasteiger partial charge in [-0.2, -0.15) is 0 Å². The molecule has 3 aromatic rings. The largest absolute Gasteiger partial charge is 0.497 e. The van der Waals surface area contributed by atoms with Crippen LogP contribution in [0.2, 0.25) is 0 Å². The average Bonchev–Trinajstić information content (AvgIpc) is 2.85. The lowest BCUT2D eigenvalue weighted by atomic mass is 10.0. The van der Waals surface area contributed by atoms with E-state index in [2.05, 4.69) is 20.0 Å². The Kier molecular flexibility index (Phi) is 6.97. The maximum Gasteiger partial charge on any atom is 0.261 e. The van der Waals surface area contributed by atoms with E-state index in [0.29, 0.717) is 35.1 Å². The van der Waals surface area contributed by atoms with Gasteiger partial charge in [-0.15, -0.1) is 0 Å². The van der Waals surface area contributed by atoms with Gasteiger partial charge in [0.25, 0.3) is 15.9 Å². The number of piperidine rings is 1. The van der Waals surface area contributed by atoms with Crippen LogP contribution < -0.4 is 19.7 Å². The van der Waals surface area contributed by atoms with Gasteiger partial charge in [-0.1, -0.05) is 6.07 Å². The van der Waals surface area contributed by atoms with Gasteiger partial charge < -0.3 is 15.0 Å². The molecule has 10 heteroatoms. The van der Waals surface area contributed by atoms with E-state index >= 15 is 0 Å². The first kappa shape index (κ1) is 23.5. The van der Waals surface area contributed by atoms with Crippen molar-refractivity contribution in [1.29, 1.82) is 0 Å². The predicted octanol–water partition coefficient (Wildman–Crippen LogP) is 2.99. The molecule has 0 spiro atoms.